The van der Waals surface area contributed by atoms with Gasteiger partial charge in [-0.3, -0.25) is 4.79 Å². The summed E-state index contributed by atoms with van der Waals surface area (Å²) in [7, 11) is 0. The summed E-state index contributed by atoms with van der Waals surface area (Å²) in [5.41, 5.74) is 7.02. The van der Waals surface area contributed by atoms with Crippen molar-refractivity contribution in [2.75, 3.05) is 12.3 Å². The molecule has 0 aliphatic carbocycles. The van der Waals surface area contributed by atoms with Gasteiger partial charge in [0.2, 0.25) is 0 Å². The zero-order valence-corrected chi connectivity index (χ0v) is 11.7. The van der Waals surface area contributed by atoms with Gasteiger partial charge < -0.3 is 15.7 Å². The second-order valence-corrected chi connectivity index (χ2v) is 4.72. The molecule has 2 aromatic rings. The molecular weight excluding hydrogens is 271 g/mol. The van der Waals surface area contributed by atoms with Crippen molar-refractivity contribution in [3.8, 4) is 5.75 Å². The van der Waals surface area contributed by atoms with E-state index in [0.29, 0.717) is 17.8 Å². The highest BCUT2D eigenvalue weighted by molar-refractivity contribution is 5.99. The van der Waals surface area contributed by atoms with Gasteiger partial charge in [-0.15, -0.1) is 0 Å². The molecule has 0 atom stereocenters. The number of rotatable bonds is 4. The summed E-state index contributed by atoms with van der Waals surface area (Å²) in [5, 5.41) is 9.49. The van der Waals surface area contributed by atoms with E-state index in [4.69, 9.17) is 5.73 Å². The van der Waals surface area contributed by atoms with Gasteiger partial charge in [-0.2, -0.15) is 0 Å². The van der Waals surface area contributed by atoms with Gasteiger partial charge in [0, 0.05) is 18.8 Å². The molecule has 0 saturated carbocycles. The number of phenolic OH excluding ortho intramolecular Hbond substituents is 1. The lowest BCUT2D eigenvalue weighted by atomic mass is 10.1. The van der Waals surface area contributed by atoms with Gasteiger partial charge in [0.25, 0.3) is 5.91 Å². The Morgan fingerprint density at radius 2 is 2.05 bits per heavy atom. The maximum atomic E-state index is 13.2. The van der Waals surface area contributed by atoms with E-state index in [-0.39, 0.29) is 29.6 Å². The predicted molar refractivity (Wildman–Crippen MR) is 79.3 cm³/mol. The highest BCUT2D eigenvalue weighted by Crippen LogP contribution is 2.21. The highest BCUT2D eigenvalue weighted by atomic mass is 19.1. The lowest BCUT2D eigenvalue weighted by Gasteiger charge is -2.22. The minimum Gasteiger partial charge on any atom is -0.508 e. The number of carbonyl (C=O) groups is 1. The topological polar surface area (TPSA) is 66.6 Å². The van der Waals surface area contributed by atoms with Crippen LogP contribution in [0.1, 0.15) is 22.8 Å². The average Bonchev–Trinajstić information content (AvgIpc) is 2.46. The maximum absolute atomic E-state index is 13.2. The second-order valence-electron chi connectivity index (χ2n) is 4.72. The second kappa shape index (κ2) is 6.26. The van der Waals surface area contributed by atoms with Crippen molar-refractivity contribution < 1.29 is 14.3 Å². The molecule has 0 aliphatic heterocycles. The molecule has 3 N–H and O–H groups in total. The number of halogens is 1. The number of anilines is 1. The number of nitrogens with two attached hydrogens (primary N) is 1. The first kappa shape index (κ1) is 14.8. The average molecular weight is 288 g/mol. The molecule has 0 saturated heterocycles. The number of aromatic hydroxyl groups is 1. The molecule has 5 heteroatoms. The van der Waals surface area contributed by atoms with Crippen LogP contribution in [-0.4, -0.2) is 22.5 Å². The van der Waals surface area contributed by atoms with Crippen molar-refractivity contribution in [3.05, 3.63) is 59.4 Å². The van der Waals surface area contributed by atoms with Gasteiger partial charge in [0.1, 0.15) is 11.6 Å². The van der Waals surface area contributed by atoms with Crippen LogP contribution in [0, 0.1) is 5.82 Å². The van der Waals surface area contributed by atoms with E-state index in [0.717, 1.165) is 0 Å². The number of phenols is 1. The fraction of sp³-hybridized carbons (Fsp3) is 0.188. The van der Waals surface area contributed by atoms with E-state index in [1.807, 2.05) is 6.92 Å². The van der Waals surface area contributed by atoms with Crippen LogP contribution in [0.2, 0.25) is 0 Å². The van der Waals surface area contributed by atoms with Gasteiger partial charge in [-0.1, -0.05) is 12.1 Å². The Labute approximate surface area is 122 Å². The Balaban J connectivity index is 2.24. The molecule has 2 rings (SSSR count). The van der Waals surface area contributed by atoms with Crippen LogP contribution in [0.5, 0.6) is 5.75 Å². The fourth-order valence-corrected chi connectivity index (χ4v) is 2.08. The first-order valence-electron chi connectivity index (χ1n) is 6.63. The number of hydrogen-bond donors (Lipinski definition) is 2. The minimum absolute atomic E-state index is 0.0191. The summed E-state index contributed by atoms with van der Waals surface area (Å²) in [6.07, 6.45) is 0. The van der Waals surface area contributed by atoms with Crippen molar-refractivity contribution in [2.45, 2.75) is 13.5 Å². The Morgan fingerprint density at radius 3 is 2.71 bits per heavy atom. The lowest BCUT2D eigenvalue weighted by Crippen LogP contribution is -2.30. The number of hydrogen-bond acceptors (Lipinski definition) is 3. The van der Waals surface area contributed by atoms with Crippen LogP contribution < -0.4 is 5.73 Å². The third kappa shape index (κ3) is 3.51. The van der Waals surface area contributed by atoms with Crippen LogP contribution in [0.4, 0.5) is 10.1 Å². The van der Waals surface area contributed by atoms with Crippen LogP contribution in [0.15, 0.2) is 42.5 Å². The first-order valence-corrected chi connectivity index (χ1v) is 6.63. The molecule has 0 heterocycles. The van der Waals surface area contributed by atoms with Crippen molar-refractivity contribution in [1.29, 1.82) is 0 Å². The van der Waals surface area contributed by atoms with Gasteiger partial charge in [-0.05, 0) is 42.8 Å². The Hall–Kier alpha value is -2.56. The van der Waals surface area contributed by atoms with E-state index in [9.17, 15) is 14.3 Å². The third-order valence-corrected chi connectivity index (χ3v) is 3.20. The molecule has 0 fully saturated rings. The van der Waals surface area contributed by atoms with Gasteiger partial charge >= 0.3 is 0 Å². The van der Waals surface area contributed by atoms with Gasteiger partial charge in [0.15, 0.2) is 0 Å². The molecule has 4 nitrogen and oxygen atoms in total. The Morgan fingerprint density at radius 1 is 1.29 bits per heavy atom. The summed E-state index contributed by atoms with van der Waals surface area (Å²) >= 11 is 0. The zero-order valence-electron chi connectivity index (χ0n) is 11.7. The predicted octanol–water partition coefficient (Wildman–Crippen LogP) is 2.78. The molecule has 0 radical (unpaired) electrons. The molecule has 1 amide bonds. The monoisotopic (exact) mass is 288 g/mol. The lowest BCUT2D eigenvalue weighted by molar-refractivity contribution is 0.0753. The SMILES string of the molecule is CCN(Cc1cccc(F)c1)C(=O)c1cc(O)ccc1N. The normalized spacial score (nSPS) is 10.4. The summed E-state index contributed by atoms with van der Waals surface area (Å²) in [5.74, 6) is -0.655. The van der Waals surface area contributed by atoms with E-state index < -0.39 is 0 Å². The standard InChI is InChI=1S/C16H17FN2O2/c1-2-19(10-11-4-3-5-12(17)8-11)16(21)14-9-13(20)6-7-15(14)18/h3-9,20H,2,10,18H2,1H3. The minimum atomic E-state index is -0.340. The van der Waals surface area contributed by atoms with Crippen molar-refractivity contribution in [3.63, 3.8) is 0 Å². The largest absolute Gasteiger partial charge is 0.508 e. The molecule has 0 spiro atoms. The number of nitrogens with zero attached hydrogens (tertiary/aromatic N) is 1. The van der Waals surface area contributed by atoms with E-state index in [1.165, 1.54) is 30.3 Å². The summed E-state index contributed by atoms with van der Waals surface area (Å²) in [4.78, 5) is 14.0. The van der Waals surface area contributed by atoms with Crippen LogP contribution in [0.3, 0.4) is 0 Å². The van der Waals surface area contributed by atoms with Gasteiger partial charge in [-0.25, -0.2) is 4.39 Å². The summed E-state index contributed by atoms with van der Waals surface area (Å²) in [6.45, 7) is 2.56. The molecule has 0 unspecified atom stereocenters. The molecule has 21 heavy (non-hydrogen) atoms. The first-order chi connectivity index (χ1) is 10.0. The summed E-state index contributed by atoms with van der Waals surface area (Å²) in [6, 6.07) is 10.4. The molecule has 0 bridgehead atoms. The van der Waals surface area contributed by atoms with E-state index in [1.54, 1.807) is 17.0 Å². The molecule has 0 aromatic heterocycles. The number of benzene rings is 2. The number of carbonyl (C=O) groups excluding carboxylic acids is 1. The molecular formula is C16H17FN2O2. The van der Waals surface area contributed by atoms with Crippen LogP contribution in [0.25, 0.3) is 0 Å². The van der Waals surface area contributed by atoms with Crippen LogP contribution >= 0.6 is 0 Å². The van der Waals surface area contributed by atoms with Gasteiger partial charge in [0.05, 0.1) is 5.56 Å². The zero-order chi connectivity index (χ0) is 15.4. The van der Waals surface area contributed by atoms with Crippen LogP contribution in [-0.2, 0) is 6.54 Å². The maximum Gasteiger partial charge on any atom is 0.256 e. The van der Waals surface area contributed by atoms with Crippen molar-refractivity contribution in [1.82, 2.24) is 4.90 Å². The Kier molecular flexibility index (Phi) is 4.42. The molecule has 2 aromatic carbocycles. The third-order valence-electron chi connectivity index (χ3n) is 3.20. The number of nitrogen functional groups attached to an aromatic ring is 1. The fourth-order valence-electron chi connectivity index (χ4n) is 2.08. The number of amides is 1. The quantitative estimate of drug-likeness (QED) is 0.671. The molecule has 0 aliphatic rings. The van der Waals surface area contributed by atoms with E-state index in [2.05, 4.69) is 0 Å². The van der Waals surface area contributed by atoms with Crippen molar-refractivity contribution in [2.24, 2.45) is 0 Å². The van der Waals surface area contributed by atoms with Crippen molar-refractivity contribution >= 4 is 11.6 Å². The van der Waals surface area contributed by atoms with E-state index >= 15 is 0 Å². The highest BCUT2D eigenvalue weighted by Gasteiger charge is 2.17. The molecule has 110 valence electrons. The summed E-state index contributed by atoms with van der Waals surface area (Å²) < 4.78 is 13.2. The Bertz CT molecular complexity index is 658. The smallest absolute Gasteiger partial charge is 0.256 e.